The van der Waals surface area contributed by atoms with Gasteiger partial charge < -0.3 is 14.8 Å². The Hall–Kier alpha value is -0.900. The van der Waals surface area contributed by atoms with Gasteiger partial charge in [0.15, 0.2) is 0 Å². The summed E-state index contributed by atoms with van der Waals surface area (Å²) in [5.41, 5.74) is 5.39. The van der Waals surface area contributed by atoms with E-state index in [1.54, 1.807) is 0 Å². The number of ether oxygens (including phenoxy) is 2. The average molecular weight is 263 g/mol. The van der Waals surface area contributed by atoms with Crippen molar-refractivity contribution in [1.82, 2.24) is 5.32 Å². The highest BCUT2D eigenvalue weighted by molar-refractivity contribution is 5.39. The minimum atomic E-state index is 0.270. The number of aryl methyl sites for hydroxylation is 3. The first-order valence-corrected chi connectivity index (χ1v) is 7.12. The Morgan fingerprint density at radius 3 is 2.37 bits per heavy atom. The summed E-state index contributed by atoms with van der Waals surface area (Å²) in [4.78, 5) is 0. The highest BCUT2D eigenvalue weighted by Crippen LogP contribution is 2.24. The van der Waals surface area contributed by atoms with E-state index in [2.05, 4.69) is 45.1 Å². The second kappa shape index (κ2) is 6.51. The molecule has 1 unspecified atom stereocenters. The van der Waals surface area contributed by atoms with E-state index < -0.39 is 0 Å². The Balaban J connectivity index is 2.12. The molecule has 0 radical (unpaired) electrons. The van der Waals surface area contributed by atoms with Crippen molar-refractivity contribution < 1.29 is 9.47 Å². The van der Waals surface area contributed by atoms with E-state index in [9.17, 15) is 0 Å². The average Bonchev–Trinajstić information content (AvgIpc) is 2.25. The van der Waals surface area contributed by atoms with Crippen molar-refractivity contribution in [3.63, 3.8) is 0 Å². The molecule has 1 saturated heterocycles. The van der Waals surface area contributed by atoms with Gasteiger partial charge in [0.1, 0.15) is 6.10 Å². The minimum Gasteiger partial charge on any atom is -0.376 e. The molecule has 1 fully saturated rings. The van der Waals surface area contributed by atoms with E-state index >= 15 is 0 Å². The maximum absolute atomic E-state index is 5.90. The molecule has 0 saturated carbocycles. The quantitative estimate of drug-likeness (QED) is 0.856. The van der Waals surface area contributed by atoms with Crippen molar-refractivity contribution in [3.05, 3.63) is 34.4 Å². The van der Waals surface area contributed by atoms with E-state index in [4.69, 9.17) is 9.47 Å². The molecule has 0 spiro atoms. The molecule has 0 bridgehead atoms. The number of rotatable bonds is 6. The van der Waals surface area contributed by atoms with Crippen LogP contribution in [0.5, 0.6) is 0 Å². The minimum absolute atomic E-state index is 0.270. The van der Waals surface area contributed by atoms with Crippen LogP contribution in [-0.2, 0) is 9.47 Å². The van der Waals surface area contributed by atoms with Gasteiger partial charge in [-0.1, -0.05) is 24.6 Å². The largest absolute Gasteiger partial charge is 0.376 e. The van der Waals surface area contributed by atoms with Gasteiger partial charge in [-0.3, -0.25) is 0 Å². The fraction of sp³-hybridized carbons (Fsp3) is 0.625. The van der Waals surface area contributed by atoms with Crippen LogP contribution in [0.15, 0.2) is 12.1 Å². The third-order valence-electron chi connectivity index (χ3n) is 3.64. The van der Waals surface area contributed by atoms with Gasteiger partial charge in [0.2, 0.25) is 0 Å². The number of hydrogen-bond acceptors (Lipinski definition) is 3. The normalized spacial score (nSPS) is 17.3. The van der Waals surface area contributed by atoms with Crippen LogP contribution in [-0.4, -0.2) is 32.5 Å². The first-order valence-electron chi connectivity index (χ1n) is 7.12. The van der Waals surface area contributed by atoms with Crippen molar-refractivity contribution >= 4 is 0 Å². The van der Waals surface area contributed by atoms with Crippen molar-refractivity contribution in [2.24, 2.45) is 0 Å². The van der Waals surface area contributed by atoms with Crippen molar-refractivity contribution in [2.75, 3.05) is 26.4 Å². The molecule has 1 aliphatic heterocycles. The van der Waals surface area contributed by atoms with Gasteiger partial charge in [0.05, 0.1) is 25.9 Å². The van der Waals surface area contributed by atoms with E-state index in [-0.39, 0.29) is 12.1 Å². The highest BCUT2D eigenvalue weighted by atomic mass is 16.6. The molecule has 106 valence electrons. The van der Waals surface area contributed by atoms with E-state index in [1.807, 2.05) is 0 Å². The molecule has 0 aromatic heterocycles. The molecule has 1 N–H and O–H groups in total. The summed E-state index contributed by atoms with van der Waals surface area (Å²) in [6.45, 7) is 11.8. The van der Waals surface area contributed by atoms with E-state index in [0.29, 0.717) is 6.61 Å². The lowest BCUT2D eigenvalue weighted by Crippen LogP contribution is -2.38. The standard InChI is InChI=1S/C16H25NO2/c1-5-17-15(10-19-14-8-18-9-14)16-12(3)6-11(2)7-13(16)4/h6-7,14-15,17H,5,8-10H2,1-4H3. The van der Waals surface area contributed by atoms with Crippen LogP contribution in [0.25, 0.3) is 0 Å². The Bertz CT molecular complexity index is 404. The van der Waals surface area contributed by atoms with Gasteiger partial charge in [-0.2, -0.15) is 0 Å². The Morgan fingerprint density at radius 1 is 1.26 bits per heavy atom. The number of benzene rings is 1. The molecule has 19 heavy (non-hydrogen) atoms. The lowest BCUT2D eigenvalue weighted by atomic mass is 9.94. The zero-order valence-corrected chi connectivity index (χ0v) is 12.5. The summed E-state index contributed by atoms with van der Waals surface area (Å²) in [5, 5.41) is 3.54. The molecular weight excluding hydrogens is 238 g/mol. The molecule has 3 nitrogen and oxygen atoms in total. The third-order valence-corrected chi connectivity index (χ3v) is 3.64. The van der Waals surface area contributed by atoms with Crippen LogP contribution in [0, 0.1) is 20.8 Å². The molecule has 1 heterocycles. The Morgan fingerprint density at radius 2 is 1.89 bits per heavy atom. The summed E-state index contributed by atoms with van der Waals surface area (Å²) >= 11 is 0. The summed E-state index contributed by atoms with van der Waals surface area (Å²) in [7, 11) is 0. The van der Waals surface area contributed by atoms with Gasteiger partial charge in [0, 0.05) is 0 Å². The summed E-state index contributed by atoms with van der Waals surface area (Å²) in [5.74, 6) is 0. The molecule has 1 aliphatic rings. The maximum atomic E-state index is 5.90. The second-order valence-corrected chi connectivity index (χ2v) is 5.42. The monoisotopic (exact) mass is 263 g/mol. The van der Waals surface area contributed by atoms with E-state index in [1.165, 1.54) is 22.3 Å². The van der Waals surface area contributed by atoms with Crippen LogP contribution in [0.2, 0.25) is 0 Å². The molecule has 1 atom stereocenters. The molecule has 1 aromatic carbocycles. The van der Waals surface area contributed by atoms with Crippen LogP contribution in [0.3, 0.4) is 0 Å². The van der Waals surface area contributed by atoms with Gasteiger partial charge in [-0.05, 0) is 44.0 Å². The predicted octanol–water partition coefficient (Wildman–Crippen LogP) is 2.68. The summed E-state index contributed by atoms with van der Waals surface area (Å²) < 4.78 is 11.1. The predicted molar refractivity (Wildman–Crippen MR) is 77.6 cm³/mol. The Labute approximate surface area is 116 Å². The van der Waals surface area contributed by atoms with Crippen molar-refractivity contribution in [2.45, 2.75) is 39.8 Å². The first kappa shape index (κ1) is 14.5. The van der Waals surface area contributed by atoms with Gasteiger partial charge in [0.25, 0.3) is 0 Å². The third kappa shape index (κ3) is 3.56. The van der Waals surface area contributed by atoms with Crippen molar-refractivity contribution in [3.8, 4) is 0 Å². The smallest absolute Gasteiger partial charge is 0.104 e. The highest BCUT2D eigenvalue weighted by Gasteiger charge is 2.22. The van der Waals surface area contributed by atoms with Crippen LogP contribution in [0.4, 0.5) is 0 Å². The molecular formula is C16H25NO2. The summed E-state index contributed by atoms with van der Waals surface area (Å²) in [6, 6.07) is 4.77. The molecule has 2 rings (SSSR count). The SMILES string of the molecule is CCNC(COC1COC1)c1c(C)cc(C)cc1C. The van der Waals surface area contributed by atoms with Gasteiger partial charge >= 0.3 is 0 Å². The van der Waals surface area contributed by atoms with Gasteiger partial charge in [-0.15, -0.1) is 0 Å². The topological polar surface area (TPSA) is 30.5 Å². The fourth-order valence-electron chi connectivity index (χ4n) is 2.77. The van der Waals surface area contributed by atoms with E-state index in [0.717, 1.165) is 19.8 Å². The lowest BCUT2D eigenvalue weighted by Gasteiger charge is -2.29. The Kier molecular flexibility index (Phi) is 4.97. The maximum Gasteiger partial charge on any atom is 0.104 e. The van der Waals surface area contributed by atoms with Crippen LogP contribution >= 0.6 is 0 Å². The number of nitrogens with one attached hydrogen (secondary N) is 1. The van der Waals surface area contributed by atoms with Crippen LogP contribution in [0.1, 0.15) is 35.2 Å². The van der Waals surface area contributed by atoms with Crippen molar-refractivity contribution in [1.29, 1.82) is 0 Å². The fourth-order valence-corrected chi connectivity index (χ4v) is 2.77. The number of hydrogen-bond donors (Lipinski definition) is 1. The number of likely N-dealkylation sites (N-methyl/N-ethyl adjacent to an activating group) is 1. The molecule has 0 amide bonds. The van der Waals surface area contributed by atoms with Crippen LogP contribution < -0.4 is 5.32 Å². The second-order valence-electron chi connectivity index (χ2n) is 5.42. The molecule has 0 aliphatic carbocycles. The van der Waals surface area contributed by atoms with Gasteiger partial charge in [-0.25, -0.2) is 0 Å². The lowest BCUT2D eigenvalue weighted by molar-refractivity contribution is -0.133. The molecule has 3 heteroatoms. The first-order chi connectivity index (χ1) is 9.11. The molecule has 1 aromatic rings. The zero-order valence-electron chi connectivity index (χ0n) is 12.5. The zero-order chi connectivity index (χ0) is 13.8. The summed E-state index contributed by atoms with van der Waals surface area (Å²) in [6.07, 6.45) is 0.284.